The Hall–Kier alpha value is 0.250. The highest BCUT2D eigenvalue weighted by Gasteiger charge is 1.75. The third-order valence-electron chi connectivity index (χ3n) is 0.348. The first-order valence-corrected chi connectivity index (χ1v) is 2.44. The zero-order valence-corrected chi connectivity index (χ0v) is 4.53. The second-order valence-corrected chi connectivity index (χ2v) is 1.07. The van der Waals surface area contributed by atoms with Crippen molar-refractivity contribution in [2.24, 2.45) is 0 Å². The maximum Gasteiger partial charge on any atom is 0.121 e. The molecular formula is C4H8ClO. The molecule has 1 nitrogen and oxygen atoms in total. The molecule has 37 valence electrons. The van der Waals surface area contributed by atoms with Crippen molar-refractivity contribution >= 4 is 11.6 Å². The Bertz CT molecular complexity index is 19.5. The van der Waals surface area contributed by atoms with Crippen molar-refractivity contribution in [3.05, 3.63) is 6.61 Å². The van der Waals surface area contributed by atoms with Crippen LogP contribution in [-0.4, -0.2) is 6.07 Å². The van der Waals surface area contributed by atoms with E-state index >= 15 is 0 Å². The first-order valence-electron chi connectivity index (χ1n) is 1.91. The average molecular weight is 108 g/mol. The van der Waals surface area contributed by atoms with Gasteiger partial charge in [0, 0.05) is 0 Å². The summed E-state index contributed by atoms with van der Waals surface area (Å²) in [5, 5.41) is 0. The Labute approximate surface area is 43.3 Å². The summed E-state index contributed by atoms with van der Waals surface area (Å²) in [6.07, 6.45) is 0.923. The largest absolute Gasteiger partial charge is 0.360 e. The van der Waals surface area contributed by atoms with Crippen LogP contribution >= 0.6 is 11.6 Å². The van der Waals surface area contributed by atoms with Crippen LogP contribution in [0.25, 0.3) is 0 Å². The lowest BCUT2D eigenvalue weighted by Gasteiger charge is -1.88. The van der Waals surface area contributed by atoms with Gasteiger partial charge in [0.15, 0.2) is 0 Å². The lowest BCUT2D eigenvalue weighted by Crippen LogP contribution is -1.78. The van der Waals surface area contributed by atoms with Gasteiger partial charge in [0.2, 0.25) is 0 Å². The third-order valence-corrected chi connectivity index (χ3v) is 0.474. The van der Waals surface area contributed by atoms with Crippen molar-refractivity contribution in [2.45, 2.75) is 13.3 Å². The minimum atomic E-state index is 0.272. The first kappa shape index (κ1) is 6.25. The Kier molecular flexibility index (Phi) is 5.47. The summed E-state index contributed by atoms with van der Waals surface area (Å²) >= 11 is 5.13. The molecule has 0 aliphatic heterocycles. The quantitative estimate of drug-likeness (QED) is 0.395. The van der Waals surface area contributed by atoms with Crippen LogP contribution in [0.15, 0.2) is 0 Å². The van der Waals surface area contributed by atoms with Crippen LogP contribution in [0, 0.1) is 6.61 Å². The average Bonchev–Trinajstić information content (AvgIpc) is 1.61. The molecule has 2 heteroatoms. The van der Waals surface area contributed by atoms with Crippen LogP contribution in [0.5, 0.6) is 0 Å². The molecule has 0 atom stereocenters. The summed E-state index contributed by atoms with van der Waals surface area (Å²) in [4.78, 5) is 0. The van der Waals surface area contributed by atoms with Gasteiger partial charge in [0.05, 0.1) is 6.61 Å². The summed E-state index contributed by atoms with van der Waals surface area (Å²) in [6, 6.07) is 0.272. The SMILES string of the molecule is CC[CH]OCCl. The maximum absolute atomic E-state index is 5.13. The molecule has 0 saturated heterocycles. The number of hydrogen-bond acceptors (Lipinski definition) is 1. The van der Waals surface area contributed by atoms with E-state index < -0.39 is 0 Å². The molecule has 1 radical (unpaired) electrons. The van der Waals surface area contributed by atoms with Gasteiger partial charge in [-0.2, -0.15) is 0 Å². The highest BCUT2D eigenvalue weighted by molar-refractivity contribution is 6.17. The molecule has 0 aromatic heterocycles. The minimum absolute atomic E-state index is 0.272. The van der Waals surface area contributed by atoms with Crippen LogP contribution in [0.3, 0.4) is 0 Å². The summed E-state index contributed by atoms with van der Waals surface area (Å²) in [5.74, 6) is 0. The molecule has 0 aliphatic rings. The van der Waals surface area contributed by atoms with Gasteiger partial charge < -0.3 is 4.74 Å². The van der Waals surface area contributed by atoms with Crippen molar-refractivity contribution < 1.29 is 4.74 Å². The van der Waals surface area contributed by atoms with Crippen LogP contribution in [0.4, 0.5) is 0 Å². The van der Waals surface area contributed by atoms with Crippen LogP contribution < -0.4 is 0 Å². The fourth-order valence-electron chi connectivity index (χ4n) is 0.162. The van der Waals surface area contributed by atoms with Gasteiger partial charge >= 0.3 is 0 Å². The number of ether oxygens (including phenoxy) is 1. The van der Waals surface area contributed by atoms with Gasteiger partial charge in [-0.1, -0.05) is 18.5 Å². The van der Waals surface area contributed by atoms with Crippen molar-refractivity contribution in [3.8, 4) is 0 Å². The highest BCUT2D eigenvalue weighted by atomic mass is 35.5. The monoisotopic (exact) mass is 107 g/mol. The summed E-state index contributed by atoms with van der Waals surface area (Å²) in [6.45, 7) is 3.67. The predicted octanol–water partition coefficient (Wildman–Crippen LogP) is 1.77. The minimum Gasteiger partial charge on any atom is -0.360 e. The van der Waals surface area contributed by atoms with Crippen molar-refractivity contribution in [3.63, 3.8) is 0 Å². The maximum atomic E-state index is 5.13. The van der Waals surface area contributed by atoms with Crippen LogP contribution in [-0.2, 0) is 4.74 Å². The lowest BCUT2D eigenvalue weighted by atomic mass is 10.5. The van der Waals surface area contributed by atoms with E-state index in [1.54, 1.807) is 6.61 Å². The highest BCUT2D eigenvalue weighted by Crippen LogP contribution is 1.87. The second kappa shape index (κ2) is 5.25. The van der Waals surface area contributed by atoms with E-state index in [-0.39, 0.29) is 6.07 Å². The molecule has 0 rings (SSSR count). The van der Waals surface area contributed by atoms with Gasteiger partial charge in [0.25, 0.3) is 0 Å². The topological polar surface area (TPSA) is 9.23 Å². The fraction of sp³-hybridized carbons (Fsp3) is 0.750. The van der Waals surface area contributed by atoms with Gasteiger partial charge in [-0.3, -0.25) is 0 Å². The molecule has 0 spiro atoms. The Morgan fingerprint density at radius 1 is 1.83 bits per heavy atom. The molecule has 0 bridgehead atoms. The molecule has 0 saturated carbocycles. The van der Waals surface area contributed by atoms with Crippen molar-refractivity contribution in [1.29, 1.82) is 0 Å². The first-order chi connectivity index (χ1) is 2.91. The van der Waals surface area contributed by atoms with E-state index in [0.717, 1.165) is 6.42 Å². The number of rotatable bonds is 3. The van der Waals surface area contributed by atoms with Crippen molar-refractivity contribution in [2.75, 3.05) is 6.07 Å². The Morgan fingerprint density at radius 2 is 2.50 bits per heavy atom. The smallest absolute Gasteiger partial charge is 0.121 e. The van der Waals surface area contributed by atoms with Gasteiger partial charge in [-0.05, 0) is 6.42 Å². The number of hydrogen-bond donors (Lipinski definition) is 0. The van der Waals surface area contributed by atoms with E-state index in [9.17, 15) is 0 Å². The molecular weight excluding hydrogens is 99.5 g/mol. The standard InChI is InChI=1S/C4H8ClO/c1-2-3-6-4-5/h3H,2,4H2,1H3. The Morgan fingerprint density at radius 3 is 2.67 bits per heavy atom. The molecule has 0 amide bonds. The lowest BCUT2D eigenvalue weighted by molar-refractivity contribution is 0.247. The summed E-state index contributed by atoms with van der Waals surface area (Å²) in [7, 11) is 0. The fourth-order valence-corrected chi connectivity index (χ4v) is 0.251. The van der Waals surface area contributed by atoms with E-state index in [4.69, 9.17) is 11.6 Å². The summed E-state index contributed by atoms with van der Waals surface area (Å²) in [5.41, 5.74) is 0. The molecule has 0 aromatic carbocycles. The number of halogens is 1. The number of alkyl halides is 1. The second-order valence-electron chi connectivity index (χ2n) is 0.851. The molecule has 0 fully saturated rings. The molecule has 0 heterocycles. The zero-order valence-electron chi connectivity index (χ0n) is 3.78. The molecule has 6 heavy (non-hydrogen) atoms. The Balaban J connectivity index is 2.34. The molecule has 0 aliphatic carbocycles. The zero-order chi connectivity index (χ0) is 4.83. The van der Waals surface area contributed by atoms with Gasteiger partial charge in [-0.15, -0.1) is 0 Å². The normalized spacial score (nSPS) is 9.00. The molecule has 0 unspecified atom stereocenters. The van der Waals surface area contributed by atoms with E-state index in [0.29, 0.717) is 0 Å². The summed E-state index contributed by atoms with van der Waals surface area (Å²) < 4.78 is 4.62. The molecule has 0 N–H and O–H groups in total. The van der Waals surface area contributed by atoms with E-state index in [1.165, 1.54) is 0 Å². The van der Waals surface area contributed by atoms with Gasteiger partial charge in [0.1, 0.15) is 6.07 Å². The predicted molar refractivity (Wildman–Crippen MR) is 26.4 cm³/mol. The molecule has 0 aromatic rings. The third kappa shape index (κ3) is 4.25. The van der Waals surface area contributed by atoms with Crippen LogP contribution in [0.2, 0.25) is 0 Å². The van der Waals surface area contributed by atoms with E-state index in [1.807, 2.05) is 6.92 Å². The van der Waals surface area contributed by atoms with Crippen LogP contribution in [0.1, 0.15) is 13.3 Å². The van der Waals surface area contributed by atoms with E-state index in [2.05, 4.69) is 4.74 Å². The van der Waals surface area contributed by atoms with Crippen molar-refractivity contribution in [1.82, 2.24) is 0 Å². The van der Waals surface area contributed by atoms with Gasteiger partial charge in [-0.25, -0.2) is 0 Å².